The molecule has 0 radical (unpaired) electrons. The molecule has 0 bridgehead atoms. The number of nitrogens with one attached hydrogen (secondary N) is 1. The zero-order chi connectivity index (χ0) is 39.3. The number of unbranched alkanes of at least 4 members (excludes halogenated alkanes) is 35. The topological polar surface area (TPSA) is 102 Å². The SMILES string of the molecule is CCCCCCCCCCCCCCCCCCOC(=O)CCCCCCCCCCCCCNC(CN)CCCCCCCCCCCCCC(=O)O. The molecule has 1 unspecified atom stereocenters. The van der Waals surface area contributed by atoms with Crippen LogP contribution in [0, 0.1) is 0 Å². The van der Waals surface area contributed by atoms with Crippen molar-refractivity contribution in [1.82, 2.24) is 5.32 Å². The Bertz CT molecular complexity index is 748. The zero-order valence-corrected chi connectivity index (χ0v) is 36.4. The number of nitrogens with two attached hydrogens (primary N) is 1. The highest BCUT2D eigenvalue weighted by atomic mass is 16.5. The van der Waals surface area contributed by atoms with E-state index < -0.39 is 5.97 Å². The monoisotopic (exact) mass is 765 g/mol. The summed E-state index contributed by atoms with van der Waals surface area (Å²) >= 11 is 0. The number of ether oxygens (including phenoxy) is 1. The van der Waals surface area contributed by atoms with Gasteiger partial charge in [0.1, 0.15) is 0 Å². The van der Waals surface area contributed by atoms with Gasteiger partial charge >= 0.3 is 11.9 Å². The summed E-state index contributed by atoms with van der Waals surface area (Å²) in [6.07, 6.45) is 51.6. The fraction of sp³-hybridized carbons (Fsp3) is 0.958. The molecule has 0 saturated carbocycles. The molecule has 0 spiro atoms. The number of carboxylic acid groups (broad SMARTS) is 1. The van der Waals surface area contributed by atoms with Crippen LogP contribution in [0.25, 0.3) is 0 Å². The Morgan fingerprint density at radius 2 is 0.796 bits per heavy atom. The van der Waals surface area contributed by atoms with Crippen LogP contribution in [0.3, 0.4) is 0 Å². The quantitative estimate of drug-likeness (QED) is 0.0421. The van der Waals surface area contributed by atoms with Gasteiger partial charge in [-0.05, 0) is 38.6 Å². The van der Waals surface area contributed by atoms with Gasteiger partial charge in [0.05, 0.1) is 6.61 Å². The first-order valence-corrected chi connectivity index (χ1v) is 24.4. The van der Waals surface area contributed by atoms with Crippen molar-refractivity contribution in [2.45, 2.75) is 276 Å². The van der Waals surface area contributed by atoms with Gasteiger partial charge < -0.3 is 20.9 Å². The van der Waals surface area contributed by atoms with Crippen LogP contribution in [-0.4, -0.2) is 42.8 Å². The summed E-state index contributed by atoms with van der Waals surface area (Å²) < 4.78 is 5.48. The number of hydrogen-bond acceptors (Lipinski definition) is 5. The smallest absolute Gasteiger partial charge is 0.305 e. The molecule has 0 aliphatic heterocycles. The van der Waals surface area contributed by atoms with Crippen molar-refractivity contribution in [3.63, 3.8) is 0 Å². The summed E-state index contributed by atoms with van der Waals surface area (Å²) in [4.78, 5) is 22.6. The third-order valence-electron chi connectivity index (χ3n) is 11.5. The molecule has 0 aromatic heterocycles. The first kappa shape index (κ1) is 52.9. The highest BCUT2D eigenvalue weighted by Crippen LogP contribution is 2.16. The second kappa shape index (κ2) is 46.2. The number of hydrogen-bond donors (Lipinski definition) is 3. The summed E-state index contributed by atoms with van der Waals surface area (Å²) in [6.45, 7) is 4.76. The molecule has 0 aliphatic rings. The predicted molar refractivity (Wildman–Crippen MR) is 234 cm³/mol. The molecule has 1 atom stereocenters. The van der Waals surface area contributed by atoms with Gasteiger partial charge in [-0.15, -0.1) is 0 Å². The van der Waals surface area contributed by atoms with E-state index in [2.05, 4.69) is 12.2 Å². The van der Waals surface area contributed by atoms with Crippen molar-refractivity contribution in [1.29, 1.82) is 0 Å². The summed E-state index contributed by atoms with van der Waals surface area (Å²) in [6, 6.07) is 0.477. The molecule has 0 fully saturated rings. The lowest BCUT2D eigenvalue weighted by molar-refractivity contribution is -0.144. The lowest BCUT2D eigenvalue weighted by atomic mass is 10.0. The van der Waals surface area contributed by atoms with Crippen molar-refractivity contribution >= 4 is 11.9 Å². The minimum atomic E-state index is -0.664. The third-order valence-corrected chi connectivity index (χ3v) is 11.5. The molecular formula is C48H96N2O4. The van der Waals surface area contributed by atoms with Crippen molar-refractivity contribution in [2.75, 3.05) is 19.7 Å². The zero-order valence-electron chi connectivity index (χ0n) is 36.4. The molecule has 54 heavy (non-hydrogen) atoms. The molecule has 0 aliphatic carbocycles. The van der Waals surface area contributed by atoms with Crippen LogP contribution < -0.4 is 11.1 Å². The molecule has 6 heteroatoms. The molecule has 0 heterocycles. The summed E-state index contributed by atoms with van der Waals surface area (Å²) in [5.74, 6) is -0.652. The van der Waals surface area contributed by atoms with Gasteiger partial charge in [0, 0.05) is 25.4 Å². The van der Waals surface area contributed by atoms with E-state index in [1.165, 1.54) is 218 Å². The molecule has 0 aromatic carbocycles. The average molecular weight is 765 g/mol. The van der Waals surface area contributed by atoms with Crippen molar-refractivity contribution in [3.05, 3.63) is 0 Å². The summed E-state index contributed by atoms with van der Waals surface area (Å²) in [5, 5.41) is 12.4. The lowest BCUT2D eigenvalue weighted by Gasteiger charge is -2.16. The molecular weight excluding hydrogens is 669 g/mol. The minimum absolute atomic E-state index is 0.0128. The highest BCUT2D eigenvalue weighted by molar-refractivity contribution is 5.69. The fourth-order valence-corrected chi connectivity index (χ4v) is 7.76. The van der Waals surface area contributed by atoms with E-state index in [0.29, 0.717) is 25.5 Å². The largest absolute Gasteiger partial charge is 0.481 e. The minimum Gasteiger partial charge on any atom is -0.481 e. The van der Waals surface area contributed by atoms with Crippen LogP contribution >= 0.6 is 0 Å². The van der Waals surface area contributed by atoms with Gasteiger partial charge in [-0.3, -0.25) is 9.59 Å². The van der Waals surface area contributed by atoms with Gasteiger partial charge in [-0.1, -0.05) is 225 Å². The van der Waals surface area contributed by atoms with Gasteiger partial charge in [-0.25, -0.2) is 0 Å². The van der Waals surface area contributed by atoms with E-state index in [1.807, 2.05) is 0 Å². The number of esters is 1. The Hall–Kier alpha value is -1.14. The normalized spacial score (nSPS) is 12.0. The van der Waals surface area contributed by atoms with E-state index in [0.717, 1.165) is 45.2 Å². The van der Waals surface area contributed by atoms with Crippen LogP contribution in [0.2, 0.25) is 0 Å². The van der Waals surface area contributed by atoms with Crippen LogP contribution in [0.1, 0.15) is 270 Å². The molecule has 0 saturated heterocycles. The van der Waals surface area contributed by atoms with Crippen LogP contribution in [0.4, 0.5) is 0 Å². The number of carboxylic acids is 1. The van der Waals surface area contributed by atoms with E-state index in [9.17, 15) is 9.59 Å². The Kier molecular flexibility index (Phi) is 45.3. The third kappa shape index (κ3) is 45.3. The van der Waals surface area contributed by atoms with Crippen LogP contribution in [-0.2, 0) is 14.3 Å². The average Bonchev–Trinajstić information content (AvgIpc) is 3.16. The maximum absolute atomic E-state index is 12.0. The summed E-state index contributed by atoms with van der Waals surface area (Å²) in [5.41, 5.74) is 6.04. The van der Waals surface area contributed by atoms with Gasteiger partial charge in [0.25, 0.3) is 0 Å². The Morgan fingerprint density at radius 1 is 0.463 bits per heavy atom. The second-order valence-electron chi connectivity index (χ2n) is 16.9. The molecule has 0 aromatic rings. The first-order valence-electron chi connectivity index (χ1n) is 24.4. The van der Waals surface area contributed by atoms with E-state index in [1.54, 1.807) is 0 Å². The number of aliphatic carboxylic acids is 1. The predicted octanol–water partition coefficient (Wildman–Crippen LogP) is 14.5. The van der Waals surface area contributed by atoms with Crippen molar-refractivity contribution < 1.29 is 19.4 Å². The summed E-state index contributed by atoms with van der Waals surface area (Å²) in [7, 11) is 0. The van der Waals surface area contributed by atoms with E-state index in [4.69, 9.17) is 15.6 Å². The maximum Gasteiger partial charge on any atom is 0.305 e. The van der Waals surface area contributed by atoms with Crippen LogP contribution in [0.15, 0.2) is 0 Å². The Morgan fingerprint density at radius 3 is 1.19 bits per heavy atom. The standard InChI is InChI=1S/C48H96N2O4/c1-2-3-4-5-6-7-8-9-10-11-12-19-24-29-34-39-44-54-48(53)42-37-32-27-22-17-14-18-23-28-33-38-43-50-46(45-49)40-35-30-25-20-15-13-16-21-26-31-36-41-47(51)52/h46,50H,2-45,49H2,1H3,(H,51,52). The molecule has 0 rings (SSSR count). The molecule has 0 amide bonds. The Balaban J connectivity index is 3.29. The fourth-order valence-electron chi connectivity index (χ4n) is 7.76. The van der Waals surface area contributed by atoms with Gasteiger partial charge in [0.15, 0.2) is 0 Å². The highest BCUT2D eigenvalue weighted by Gasteiger charge is 2.06. The first-order chi connectivity index (χ1) is 26.6. The van der Waals surface area contributed by atoms with Crippen molar-refractivity contribution in [3.8, 4) is 0 Å². The van der Waals surface area contributed by atoms with E-state index >= 15 is 0 Å². The van der Waals surface area contributed by atoms with Gasteiger partial charge in [0.2, 0.25) is 0 Å². The molecule has 4 N–H and O–H groups in total. The molecule has 322 valence electrons. The number of rotatable bonds is 47. The maximum atomic E-state index is 12.0. The van der Waals surface area contributed by atoms with E-state index in [-0.39, 0.29) is 5.97 Å². The number of carbonyl (C=O) groups excluding carboxylic acids is 1. The van der Waals surface area contributed by atoms with Gasteiger partial charge in [-0.2, -0.15) is 0 Å². The van der Waals surface area contributed by atoms with Crippen LogP contribution in [0.5, 0.6) is 0 Å². The lowest BCUT2D eigenvalue weighted by Crippen LogP contribution is -2.36. The molecule has 6 nitrogen and oxygen atoms in total. The number of carbonyl (C=O) groups is 2. The van der Waals surface area contributed by atoms with Crippen molar-refractivity contribution in [2.24, 2.45) is 5.73 Å². The second-order valence-corrected chi connectivity index (χ2v) is 16.9. The Labute approximate surface area is 337 Å².